The molecule has 0 saturated heterocycles. The molecule has 18 heavy (non-hydrogen) atoms. The smallest absolute Gasteiger partial charge is 0.213 e. The molecule has 0 amide bonds. The van der Waals surface area contributed by atoms with Crippen molar-refractivity contribution >= 4 is 5.69 Å². The van der Waals surface area contributed by atoms with Crippen molar-refractivity contribution in [1.29, 1.82) is 0 Å². The van der Waals surface area contributed by atoms with Gasteiger partial charge in [0.2, 0.25) is 6.67 Å². The molecule has 2 radical (unpaired) electrons. The number of nitrogens with zero attached hydrogens (tertiary/aromatic N) is 2. The maximum Gasteiger partial charge on any atom is 0.213 e. The lowest BCUT2D eigenvalue weighted by atomic mass is 10.0. The van der Waals surface area contributed by atoms with Gasteiger partial charge in [0.05, 0.1) is 0 Å². The zero-order chi connectivity index (χ0) is 13.5. The number of hydrogen-bond donors (Lipinski definition) is 0. The van der Waals surface area contributed by atoms with Gasteiger partial charge in [-0.05, 0) is 52.7 Å². The van der Waals surface area contributed by atoms with Crippen LogP contribution in [0.3, 0.4) is 0 Å². The van der Waals surface area contributed by atoms with E-state index in [1.807, 2.05) is 0 Å². The van der Waals surface area contributed by atoms with Gasteiger partial charge in [0.15, 0.2) is 0 Å². The standard InChI is InChI=1S/C16H22N2/c1-12-9-13(2)15(14(3)10-12)17-7-8-18(11-17)16(4,5)6/h7-10H,1-6H3. The van der Waals surface area contributed by atoms with Gasteiger partial charge in [-0.15, -0.1) is 0 Å². The number of anilines is 1. The van der Waals surface area contributed by atoms with E-state index in [1.54, 1.807) is 0 Å². The van der Waals surface area contributed by atoms with Gasteiger partial charge in [-0.3, -0.25) is 0 Å². The van der Waals surface area contributed by atoms with Crippen LogP contribution in [0.2, 0.25) is 0 Å². The van der Waals surface area contributed by atoms with Gasteiger partial charge in [-0.2, -0.15) is 0 Å². The molecular weight excluding hydrogens is 220 g/mol. The molecule has 1 aliphatic rings. The Balaban J connectivity index is 2.29. The lowest BCUT2D eigenvalue weighted by molar-refractivity contribution is 0.259. The first-order valence-electron chi connectivity index (χ1n) is 6.40. The molecule has 0 bridgehead atoms. The third-order valence-electron chi connectivity index (χ3n) is 3.18. The second-order valence-corrected chi connectivity index (χ2v) is 6.06. The highest BCUT2D eigenvalue weighted by Crippen LogP contribution is 2.32. The molecule has 0 spiro atoms. The molecule has 0 unspecified atom stereocenters. The highest BCUT2D eigenvalue weighted by atomic mass is 15.4. The first kappa shape index (κ1) is 13.0. The van der Waals surface area contributed by atoms with Crippen LogP contribution in [-0.4, -0.2) is 10.4 Å². The van der Waals surface area contributed by atoms with Crippen LogP contribution >= 0.6 is 0 Å². The van der Waals surface area contributed by atoms with Gasteiger partial charge in [0.25, 0.3) is 0 Å². The Labute approximate surface area is 111 Å². The molecule has 1 aromatic rings. The first-order valence-corrected chi connectivity index (χ1v) is 6.40. The fourth-order valence-electron chi connectivity index (χ4n) is 2.37. The number of benzene rings is 1. The third-order valence-corrected chi connectivity index (χ3v) is 3.18. The molecular formula is C16H22N2. The number of hydrogen-bond acceptors (Lipinski definition) is 2. The summed E-state index contributed by atoms with van der Waals surface area (Å²) in [5.74, 6) is 0. The molecule has 0 aromatic heterocycles. The average Bonchev–Trinajstić information content (AvgIpc) is 2.64. The van der Waals surface area contributed by atoms with E-state index >= 15 is 0 Å². The van der Waals surface area contributed by atoms with Gasteiger partial charge in [0.1, 0.15) is 0 Å². The number of rotatable bonds is 1. The van der Waals surface area contributed by atoms with E-state index in [9.17, 15) is 0 Å². The topological polar surface area (TPSA) is 6.48 Å². The lowest BCUT2D eigenvalue weighted by Crippen LogP contribution is -2.36. The Kier molecular flexibility index (Phi) is 3.14. The summed E-state index contributed by atoms with van der Waals surface area (Å²) in [6, 6.07) is 4.44. The van der Waals surface area contributed by atoms with Crippen LogP contribution in [0.15, 0.2) is 24.5 Å². The van der Waals surface area contributed by atoms with Crippen molar-refractivity contribution in [3.05, 3.63) is 47.9 Å². The van der Waals surface area contributed by atoms with Crippen molar-refractivity contribution in [2.24, 2.45) is 0 Å². The average molecular weight is 242 g/mol. The summed E-state index contributed by atoms with van der Waals surface area (Å²) < 4.78 is 0. The van der Waals surface area contributed by atoms with Gasteiger partial charge in [0, 0.05) is 23.6 Å². The summed E-state index contributed by atoms with van der Waals surface area (Å²) in [5, 5.41) is 0. The highest BCUT2D eigenvalue weighted by molar-refractivity contribution is 5.63. The fraction of sp³-hybridized carbons (Fsp3) is 0.438. The summed E-state index contributed by atoms with van der Waals surface area (Å²) in [7, 11) is 0. The maximum atomic E-state index is 3.40. The van der Waals surface area contributed by atoms with Crippen LogP contribution in [0.25, 0.3) is 0 Å². The van der Waals surface area contributed by atoms with Crippen molar-refractivity contribution < 1.29 is 0 Å². The second-order valence-electron chi connectivity index (χ2n) is 6.06. The molecule has 2 nitrogen and oxygen atoms in total. The largest absolute Gasteiger partial charge is 0.341 e. The van der Waals surface area contributed by atoms with Crippen molar-refractivity contribution in [1.82, 2.24) is 4.90 Å². The molecule has 1 aromatic carbocycles. The summed E-state index contributed by atoms with van der Waals surface area (Å²) in [6.07, 6.45) is 4.16. The Morgan fingerprint density at radius 3 is 1.94 bits per heavy atom. The van der Waals surface area contributed by atoms with Crippen LogP contribution in [0.5, 0.6) is 0 Å². The van der Waals surface area contributed by atoms with Crippen LogP contribution < -0.4 is 4.90 Å². The predicted molar refractivity (Wildman–Crippen MR) is 77.1 cm³/mol. The Morgan fingerprint density at radius 1 is 0.944 bits per heavy atom. The Morgan fingerprint density at radius 2 is 1.50 bits per heavy atom. The normalized spacial score (nSPS) is 15.7. The summed E-state index contributed by atoms with van der Waals surface area (Å²) >= 11 is 0. The fourth-order valence-corrected chi connectivity index (χ4v) is 2.37. The molecule has 0 atom stereocenters. The molecule has 0 N–H and O–H groups in total. The zero-order valence-electron chi connectivity index (χ0n) is 12.2. The monoisotopic (exact) mass is 242 g/mol. The lowest BCUT2D eigenvalue weighted by Gasteiger charge is -2.32. The van der Waals surface area contributed by atoms with Gasteiger partial charge in [-0.1, -0.05) is 17.7 Å². The van der Waals surface area contributed by atoms with Crippen LogP contribution in [-0.2, 0) is 0 Å². The minimum atomic E-state index is 0.0672. The summed E-state index contributed by atoms with van der Waals surface area (Å²) in [5.41, 5.74) is 5.20. The maximum absolute atomic E-state index is 3.40. The molecule has 96 valence electrons. The molecule has 1 aliphatic heterocycles. The summed E-state index contributed by atoms with van der Waals surface area (Å²) in [6.45, 7) is 16.4. The number of aryl methyl sites for hydroxylation is 3. The van der Waals surface area contributed by atoms with E-state index in [2.05, 4.69) is 82.5 Å². The Bertz CT molecular complexity index is 457. The van der Waals surface area contributed by atoms with Crippen LogP contribution in [0, 0.1) is 27.4 Å². The molecule has 2 heteroatoms. The Hall–Kier alpha value is -1.44. The van der Waals surface area contributed by atoms with E-state index in [0.717, 1.165) is 0 Å². The highest BCUT2D eigenvalue weighted by Gasteiger charge is 2.27. The van der Waals surface area contributed by atoms with Crippen LogP contribution in [0.1, 0.15) is 37.5 Å². The van der Waals surface area contributed by atoms with E-state index in [4.69, 9.17) is 0 Å². The SMILES string of the molecule is Cc1cc(C)c(N2[C]N(C(C)(C)C)C=C2)c(C)c1. The van der Waals surface area contributed by atoms with Gasteiger partial charge < -0.3 is 9.80 Å². The van der Waals surface area contributed by atoms with Crippen molar-refractivity contribution in [3.8, 4) is 0 Å². The van der Waals surface area contributed by atoms with Gasteiger partial charge >= 0.3 is 0 Å². The van der Waals surface area contributed by atoms with Crippen molar-refractivity contribution in [2.75, 3.05) is 4.90 Å². The summed E-state index contributed by atoms with van der Waals surface area (Å²) in [4.78, 5) is 4.21. The third kappa shape index (κ3) is 2.38. The van der Waals surface area contributed by atoms with Crippen molar-refractivity contribution in [3.63, 3.8) is 0 Å². The molecule has 0 aliphatic carbocycles. The predicted octanol–water partition coefficient (Wildman–Crippen LogP) is 4.00. The quantitative estimate of drug-likeness (QED) is 0.734. The second kappa shape index (κ2) is 4.34. The minimum absolute atomic E-state index is 0.0672. The van der Waals surface area contributed by atoms with E-state index in [1.165, 1.54) is 22.4 Å². The zero-order valence-corrected chi connectivity index (χ0v) is 12.2. The van der Waals surface area contributed by atoms with E-state index in [-0.39, 0.29) is 5.54 Å². The molecule has 2 rings (SSSR count). The molecule has 1 heterocycles. The van der Waals surface area contributed by atoms with E-state index < -0.39 is 0 Å². The first-order chi connectivity index (χ1) is 8.29. The molecule has 0 fully saturated rings. The van der Waals surface area contributed by atoms with Crippen molar-refractivity contribution in [2.45, 2.75) is 47.1 Å². The van der Waals surface area contributed by atoms with E-state index in [0.29, 0.717) is 0 Å². The minimum Gasteiger partial charge on any atom is -0.341 e. The van der Waals surface area contributed by atoms with Gasteiger partial charge in [-0.25, -0.2) is 0 Å². The molecule has 0 saturated carbocycles. The van der Waals surface area contributed by atoms with Crippen LogP contribution in [0.4, 0.5) is 5.69 Å².